The van der Waals surface area contributed by atoms with E-state index in [1.807, 2.05) is 20.8 Å². The summed E-state index contributed by atoms with van der Waals surface area (Å²) in [5, 5.41) is 14.4. The molecule has 2 aromatic rings. The average molecular weight is 381 g/mol. The van der Waals surface area contributed by atoms with Gasteiger partial charge in [0.2, 0.25) is 0 Å². The van der Waals surface area contributed by atoms with Crippen LogP contribution in [0.2, 0.25) is 5.02 Å². The fourth-order valence-corrected chi connectivity index (χ4v) is 2.35. The first kappa shape index (κ1) is 20.0. The van der Waals surface area contributed by atoms with Gasteiger partial charge in [-0.2, -0.15) is 10.2 Å². The number of amides is 2. The molecule has 0 radical (unpaired) electrons. The van der Waals surface area contributed by atoms with Crippen molar-refractivity contribution in [2.75, 3.05) is 11.9 Å². The van der Waals surface area contributed by atoms with Gasteiger partial charge in [0, 0.05) is 25.5 Å². The van der Waals surface area contributed by atoms with Gasteiger partial charge in [0.25, 0.3) is 11.8 Å². The fourth-order valence-electron chi connectivity index (χ4n) is 2.21. The minimum absolute atomic E-state index is 0.190. The summed E-state index contributed by atoms with van der Waals surface area (Å²) in [5.41, 5.74) is -0.438. The third kappa shape index (κ3) is 4.43. The Hall–Kier alpha value is -2.35. The zero-order valence-electron chi connectivity index (χ0n) is 15.7. The normalized spacial score (nSPS) is 11.7. The second-order valence-electron chi connectivity index (χ2n) is 6.97. The topological polar surface area (TPSA) is 93.8 Å². The minimum Gasteiger partial charge on any atom is -0.350 e. The highest BCUT2D eigenvalue weighted by atomic mass is 35.5. The quantitative estimate of drug-likeness (QED) is 0.771. The summed E-state index contributed by atoms with van der Waals surface area (Å²) in [4.78, 5) is 25.2. The highest BCUT2D eigenvalue weighted by Gasteiger charge is 2.32. The maximum Gasteiger partial charge on any atom is 0.273 e. The lowest BCUT2D eigenvalue weighted by molar-refractivity contribution is -0.123. The van der Waals surface area contributed by atoms with Crippen molar-refractivity contribution < 1.29 is 9.59 Å². The first-order valence-corrected chi connectivity index (χ1v) is 8.90. The van der Waals surface area contributed by atoms with E-state index in [4.69, 9.17) is 11.6 Å². The highest BCUT2D eigenvalue weighted by Crippen LogP contribution is 2.21. The molecule has 2 aromatic heterocycles. The third-order valence-corrected chi connectivity index (χ3v) is 4.09. The van der Waals surface area contributed by atoms with Crippen LogP contribution >= 0.6 is 11.6 Å². The molecule has 0 saturated heterocycles. The van der Waals surface area contributed by atoms with Crippen molar-refractivity contribution in [1.29, 1.82) is 0 Å². The molecule has 0 bridgehead atoms. The molecule has 0 saturated carbocycles. The number of rotatable bonds is 7. The number of carbonyl (C=O) groups excluding carboxylic acids is 2. The number of aromatic nitrogens is 4. The smallest absolute Gasteiger partial charge is 0.273 e. The average Bonchev–Trinajstić information content (AvgIpc) is 3.19. The Kier molecular flexibility index (Phi) is 6.07. The van der Waals surface area contributed by atoms with Crippen LogP contribution in [0.5, 0.6) is 0 Å². The number of nitrogens with zero attached hydrogens (tertiary/aromatic N) is 4. The van der Waals surface area contributed by atoms with Crippen LogP contribution < -0.4 is 10.6 Å². The van der Waals surface area contributed by atoms with Gasteiger partial charge in [0.15, 0.2) is 5.69 Å². The van der Waals surface area contributed by atoms with Crippen molar-refractivity contribution in [3.8, 4) is 0 Å². The molecular weight excluding hydrogens is 356 g/mol. The molecular formula is C17H25ClN6O2. The lowest BCUT2D eigenvalue weighted by atomic mass is 10.0. The summed E-state index contributed by atoms with van der Waals surface area (Å²) in [6.45, 7) is 10.5. The van der Waals surface area contributed by atoms with E-state index in [-0.39, 0.29) is 17.5 Å². The molecule has 142 valence electrons. The summed E-state index contributed by atoms with van der Waals surface area (Å²) >= 11 is 5.90. The van der Waals surface area contributed by atoms with Gasteiger partial charge >= 0.3 is 0 Å². The van der Waals surface area contributed by atoms with E-state index in [1.165, 1.54) is 10.9 Å². The van der Waals surface area contributed by atoms with Gasteiger partial charge in [-0.3, -0.25) is 19.0 Å². The Labute approximate surface area is 157 Å². The van der Waals surface area contributed by atoms with E-state index in [2.05, 4.69) is 20.8 Å². The van der Waals surface area contributed by atoms with Crippen LogP contribution in [0.3, 0.4) is 0 Å². The first-order chi connectivity index (χ1) is 12.1. The maximum absolute atomic E-state index is 12.8. The van der Waals surface area contributed by atoms with Crippen molar-refractivity contribution >= 4 is 29.1 Å². The van der Waals surface area contributed by atoms with Gasteiger partial charge in [-0.05, 0) is 26.7 Å². The number of anilines is 1. The number of hydrogen-bond donors (Lipinski definition) is 2. The molecule has 8 nitrogen and oxygen atoms in total. The molecule has 2 amide bonds. The van der Waals surface area contributed by atoms with Gasteiger partial charge in [-0.1, -0.05) is 25.4 Å². The number of hydrogen-bond acceptors (Lipinski definition) is 4. The van der Waals surface area contributed by atoms with E-state index in [0.29, 0.717) is 29.7 Å². The summed E-state index contributed by atoms with van der Waals surface area (Å²) in [6, 6.07) is 0. The van der Waals surface area contributed by atoms with E-state index in [0.717, 1.165) is 0 Å². The minimum atomic E-state index is -0.993. The third-order valence-electron chi connectivity index (χ3n) is 3.90. The monoisotopic (exact) mass is 380 g/mol. The molecule has 9 heteroatoms. The summed E-state index contributed by atoms with van der Waals surface area (Å²) in [5.74, 6) is -0.333. The molecule has 0 unspecified atom stereocenters. The maximum atomic E-state index is 12.8. The SMILES string of the molecule is CCn1cc(NC(=O)C(C)(C)n2cc(Cl)cn2)c(C(=O)NCC(C)C)n1. The van der Waals surface area contributed by atoms with Crippen molar-refractivity contribution in [3.05, 3.63) is 29.3 Å². The molecule has 0 fully saturated rings. The van der Waals surface area contributed by atoms with E-state index in [1.54, 1.807) is 30.9 Å². The lowest BCUT2D eigenvalue weighted by Crippen LogP contribution is -2.41. The van der Waals surface area contributed by atoms with Crippen molar-refractivity contribution in [2.24, 2.45) is 5.92 Å². The van der Waals surface area contributed by atoms with Gasteiger partial charge < -0.3 is 10.6 Å². The summed E-state index contributed by atoms with van der Waals surface area (Å²) in [7, 11) is 0. The Morgan fingerprint density at radius 3 is 2.54 bits per heavy atom. The number of carbonyl (C=O) groups is 2. The Morgan fingerprint density at radius 1 is 1.31 bits per heavy atom. The lowest BCUT2D eigenvalue weighted by Gasteiger charge is -2.24. The molecule has 0 aromatic carbocycles. The molecule has 0 aliphatic heterocycles. The predicted octanol–water partition coefficient (Wildman–Crippen LogP) is 2.51. The fraction of sp³-hybridized carbons (Fsp3) is 0.529. The van der Waals surface area contributed by atoms with E-state index in [9.17, 15) is 9.59 Å². The zero-order chi connectivity index (χ0) is 19.5. The Bertz CT molecular complexity index is 793. The van der Waals surface area contributed by atoms with Crippen LogP contribution in [0, 0.1) is 5.92 Å². The first-order valence-electron chi connectivity index (χ1n) is 8.52. The highest BCUT2D eigenvalue weighted by molar-refractivity contribution is 6.30. The Morgan fingerprint density at radius 2 is 2.00 bits per heavy atom. The van der Waals surface area contributed by atoms with Gasteiger partial charge in [0.1, 0.15) is 5.54 Å². The van der Waals surface area contributed by atoms with Crippen LogP contribution in [0.15, 0.2) is 18.6 Å². The van der Waals surface area contributed by atoms with Crippen LogP contribution in [-0.2, 0) is 16.9 Å². The number of halogens is 1. The van der Waals surface area contributed by atoms with Crippen LogP contribution in [0.1, 0.15) is 45.1 Å². The summed E-state index contributed by atoms with van der Waals surface area (Å²) < 4.78 is 3.09. The van der Waals surface area contributed by atoms with Crippen LogP contribution in [0.4, 0.5) is 5.69 Å². The van der Waals surface area contributed by atoms with Gasteiger partial charge in [0.05, 0.1) is 16.9 Å². The molecule has 2 N–H and O–H groups in total. The molecule has 2 rings (SSSR count). The second kappa shape index (κ2) is 7.90. The molecule has 0 spiro atoms. The van der Waals surface area contributed by atoms with Crippen molar-refractivity contribution in [2.45, 2.75) is 46.7 Å². The molecule has 26 heavy (non-hydrogen) atoms. The van der Waals surface area contributed by atoms with E-state index < -0.39 is 5.54 Å². The largest absolute Gasteiger partial charge is 0.350 e. The predicted molar refractivity (Wildman–Crippen MR) is 100 cm³/mol. The van der Waals surface area contributed by atoms with Crippen LogP contribution in [-0.4, -0.2) is 37.9 Å². The molecule has 0 aliphatic rings. The van der Waals surface area contributed by atoms with Crippen molar-refractivity contribution in [3.63, 3.8) is 0 Å². The number of nitrogens with one attached hydrogen (secondary N) is 2. The Balaban J connectivity index is 2.23. The van der Waals surface area contributed by atoms with Gasteiger partial charge in [-0.25, -0.2) is 0 Å². The molecule has 0 aliphatic carbocycles. The molecule has 0 atom stereocenters. The second-order valence-corrected chi connectivity index (χ2v) is 7.40. The standard InChI is InChI=1S/C17H25ClN6O2/c1-6-23-10-13(14(22-23)15(25)19-7-11(2)3)21-16(26)17(4,5)24-9-12(18)8-20-24/h8-11H,6-7H2,1-5H3,(H,19,25)(H,21,26). The molecule has 2 heterocycles. The summed E-state index contributed by atoms with van der Waals surface area (Å²) in [6.07, 6.45) is 4.69. The zero-order valence-corrected chi connectivity index (χ0v) is 16.5. The van der Waals surface area contributed by atoms with Crippen LogP contribution in [0.25, 0.3) is 0 Å². The van der Waals surface area contributed by atoms with Gasteiger partial charge in [-0.15, -0.1) is 0 Å². The van der Waals surface area contributed by atoms with Crippen molar-refractivity contribution in [1.82, 2.24) is 24.9 Å². The number of aryl methyl sites for hydroxylation is 1. The van der Waals surface area contributed by atoms with E-state index >= 15 is 0 Å².